The molecule has 0 amide bonds. The maximum absolute atomic E-state index is 12.7. The van der Waals surface area contributed by atoms with E-state index in [-0.39, 0.29) is 35.2 Å². The van der Waals surface area contributed by atoms with E-state index in [9.17, 15) is 14.7 Å². The molecule has 2 aliphatic carbocycles. The van der Waals surface area contributed by atoms with Crippen LogP contribution < -0.4 is 0 Å². The summed E-state index contributed by atoms with van der Waals surface area (Å²) in [6.45, 7) is 8.01. The fourth-order valence-corrected chi connectivity index (χ4v) is 3.95. The van der Waals surface area contributed by atoms with Crippen molar-refractivity contribution in [1.82, 2.24) is 5.16 Å². The van der Waals surface area contributed by atoms with Crippen LogP contribution in [0, 0.1) is 5.41 Å². The molecule has 1 fully saturated rings. The number of allylic oxidation sites excluding steroid dienone is 2. The molecule has 0 unspecified atom stereocenters. The summed E-state index contributed by atoms with van der Waals surface area (Å²) in [6.07, 6.45) is 3.67. The average Bonchev–Trinajstić information content (AvgIpc) is 2.95. The Kier molecular flexibility index (Phi) is 5.36. The average molecular weight is 372 g/mol. The summed E-state index contributed by atoms with van der Waals surface area (Å²) in [6, 6.07) is 0.0460. The van der Waals surface area contributed by atoms with Crippen LogP contribution in [-0.4, -0.2) is 33.6 Å². The van der Waals surface area contributed by atoms with Crippen LogP contribution in [0.25, 0.3) is 0 Å². The van der Waals surface area contributed by atoms with Crippen LogP contribution in [-0.2, 0) is 17.6 Å². The van der Waals surface area contributed by atoms with Gasteiger partial charge in [-0.15, -0.1) is 0 Å². The highest BCUT2D eigenvalue weighted by atomic mass is 16.5. The number of carbonyl (C=O) groups is 2. The van der Waals surface area contributed by atoms with Crippen molar-refractivity contribution in [1.29, 1.82) is 0 Å². The lowest BCUT2D eigenvalue weighted by atomic mass is 9.73. The number of Topliss-reactive ketones (excluding diaryl/α,β-unsaturated/α-hetero) is 2. The number of ketones is 2. The molecule has 1 heterocycles. The molecule has 1 saturated carbocycles. The van der Waals surface area contributed by atoms with E-state index < -0.39 is 0 Å². The van der Waals surface area contributed by atoms with Gasteiger partial charge in [0.1, 0.15) is 11.5 Å². The molecular formula is C21H28N2O4. The predicted molar refractivity (Wildman–Crippen MR) is 102 cm³/mol. The molecule has 146 valence electrons. The molecule has 3 rings (SSSR count). The van der Waals surface area contributed by atoms with E-state index in [4.69, 9.17) is 4.52 Å². The second-order valence-corrected chi connectivity index (χ2v) is 8.64. The number of carbonyl (C=O) groups excluding carboxylic acids is 2. The van der Waals surface area contributed by atoms with Gasteiger partial charge in [-0.05, 0) is 32.1 Å². The van der Waals surface area contributed by atoms with Crippen molar-refractivity contribution >= 4 is 17.3 Å². The second-order valence-electron chi connectivity index (χ2n) is 8.64. The summed E-state index contributed by atoms with van der Waals surface area (Å²) in [4.78, 5) is 29.5. The van der Waals surface area contributed by atoms with Gasteiger partial charge < -0.3 is 9.63 Å². The first kappa shape index (κ1) is 19.5. The lowest BCUT2D eigenvalue weighted by Gasteiger charge is -2.31. The molecule has 0 aliphatic heterocycles. The largest absolute Gasteiger partial charge is 0.511 e. The van der Waals surface area contributed by atoms with Crippen molar-refractivity contribution < 1.29 is 19.2 Å². The molecular weight excluding hydrogens is 344 g/mol. The molecule has 1 aromatic rings. The lowest BCUT2D eigenvalue weighted by molar-refractivity contribution is -0.117. The molecule has 0 saturated heterocycles. The van der Waals surface area contributed by atoms with Crippen molar-refractivity contribution in [3.63, 3.8) is 0 Å². The van der Waals surface area contributed by atoms with Crippen LogP contribution in [0.1, 0.15) is 81.6 Å². The molecule has 0 radical (unpaired) electrons. The highest BCUT2D eigenvalue weighted by Crippen LogP contribution is 2.36. The molecule has 0 bridgehead atoms. The smallest absolute Gasteiger partial charge is 0.168 e. The van der Waals surface area contributed by atoms with Crippen molar-refractivity contribution in [2.24, 2.45) is 10.4 Å². The van der Waals surface area contributed by atoms with Gasteiger partial charge in [0.25, 0.3) is 0 Å². The Morgan fingerprint density at radius 1 is 1.22 bits per heavy atom. The van der Waals surface area contributed by atoms with Crippen molar-refractivity contribution in [2.75, 3.05) is 0 Å². The van der Waals surface area contributed by atoms with Gasteiger partial charge in [0.15, 0.2) is 11.6 Å². The molecule has 0 atom stereocenters. The summed E-state index contributed by atoms with van der Waals surface area (Å²) >= 11 is 0. The molecule has 2 aliphatic rings. The number of nitrogens with zero attached hydrogens (tertiary/aromatic N) is 2. The number of aromatic nitrogens is 1. The van der Waals surface area contributed by atoms with Crippen LogP contribution in [0.4, 0.5) is 0 Å². The van der Waals surface area contributed by atoms with Gasteiger partial charge in [-0.25, -0.2) is 0 Å². The Morgan fingerprint density at radius 2 is 1.96 bits per heavy atom. The highest BCUT2D eigenvalue weighted by molar-refractivity contribution is 6.24. The lowest BCUT2D eigenvalue weighted by Crippen LogP contribution is -2.33. The Bertz CT molecular complexity index is 827. The second kappa shape index (κ2) is 7.41. The summed E-state index contributed by atoms with van der Waals surface area (Å²) in [5.41, 5.74) is 2.03. The van der Waals surface area contributed by atoms with Crippen molar-refractivity contribution in [3.05, 3.63) is 28.3 Å². The van der Waals surface area contributed by atoms with E-state index in [1.54, 1.807) is 0 Å². The zero-order valence-corrected chi connectivity index (χ0v) is 16.6. The monoisotopic (exact) mass is 372 g/mol. The summed E-state index contributed by atoms with van der Waals surface area (Å²) in [5.74, 6) is 0.666. The van der Waals surface area contributed by atoms with E-state index >= 15 is 0 Å². The Labute approximate surface area is 159 Å². The quantitative estimate of drug-likeness (QED) is 0.632. The number of aryl methyl sites for hydroxylation is 2. The molecule has 0 aromatic carbocycles. The van der Waals surface area contributed by atoms with E-state index in [2.05, 4.69) is 10.1 Å². The molecule has 6 heteroatoms. The van der Waals surface area contributed by atoms with E-state index in [0.717, 1.165) is 12.8 Å². The normalized spacial score (nSPS) is 23.1. The maximum atomic E-state index is 12.7. The first-order valence-corrected chi connectivity index (χ1v) is 9.71. The fourth-order valence-electron chi connectivity index (χ4n) is 3.95. The molecule has 1 N–H and O–H groups in total. The van der Waals surface area contributed by atoms with Gasteiger partial charge in [0, 0.05) is 43.9 Å². The van der Waals surface area contributed by atoms with Crippen LogP contribution >= 0.6 is 0 Å². The summed E-state index contributed by atoms with van der Waals surface area (Å²) in [7, 11) is 0. The van der Waals surface area contributed by atoms with Crippen molar-refractivity contribution in [3.8, 4) is 0 Å². The minimum absolute atomic E-state index is 0.0370. The fraction of sp³-hybridized carbons (Fsp3) is 0.619. The third kappa shape index (κ3) is 4.20. The van der Waals surface area contributed by atoms with Crippen LogP contribution in [0.5, 0.6) is 0 Å². The first-order valence-electron chi connectivity index (χ1n) is 9.71. The number of hydrogen-bond acceptors (Lipinski definition) is 6. The van der Waals surface area contributed by atoms with Crippen LogP contribution in [0.3, 0.4) is 0 Å². The summed E-state index contributed by atoms with van der Waals surface area (Å²) < 4.78 is 5.30. The summed E-state index contributed by atoms with van der Waals surface area (Å²) in [5, 5.41) is 14.7. The topological polar surface area (TPSA) is 92.8 Å². The Hall–Kier alpha value is -2.24. The zero-order chi connectivity index (χ0) is 19.8. The number of aliphatic hydroxyl groups excluding tert-OH is 1. The molecule has 0 spiro atoms. The molecule has 27 heavy (non-hydrogen) atoms. The standard InChI is InChI=1S/C21H28N2O4/c1-12(2)22-14-10-21(3,4)11-17(26)19(14)16(25)9-8-13-20-15(24)6-5-7-18(20)27-23-13/h12,25H,5-11H2,1-4H3/b19-16+,22-14?. The highest BCUT2D eigenvalue weighted by Gasteiger charge is 2.36. The number of hydrogen-bond donors (Lipinski definition) is 1. The SMILES string of the molecule is CC(C)N=C1CC(C)(C)CC(=O)/C1=C(/O)CCc1noc2c1C(=O)CCC2. The van der Waals surface area contributed by atoms with Gasteiger partial charge in [0.05, 0.1) is 16.8 Å². The number of rotatable bonds is 4. The van der Waals surface area contributed by atoms with E-state index in [1.165, 1.54) is 0 Å². The van der Waals surface area contributed by atoms with E-state index in [1.807, 2.05) is 27.7 Å². The van der Waals surface area contributed by atoms with Gasteiger partial charge in [-0.3, -0.25) is 14.6 Å². The van der Waals surface area contributed by atoms with Gasteiger partial charge in [-0.1, -0.05) is 19.0 Å². The minimum atomic E-state index is -0.161. The third-order valence-electron chi connectivity index (χ3n) is 5.07. The minimum Gasteiger partial charge on any atom is -0.511 e. The van der Waals surface area contributed by atoms with Gasteiger partial charge >= 0.3 is 0 Å². The van der Waals surface area contributed by atoms with Gasteiger partial charge in [-0.2, -0.15) is 0 Å². The first-order chi connectivity index (χ1) is 12.7. The van der Waals surface area contributed by atoms with Crippen LogP contribution in [0.2, 0.25) is 0 Å². The predicted octanol–water partition coefficient (Wildman–Crippen LogP) is 4.18. The Balaban J connectivity index is 1.85. The third-order valence-corrected chi connectivity index (χ3v) is 5.07. The number of aliphatic hydroxyl groups is 1. The maximum Gasteiger partial charge on any atom is 0.168 e. The van der Waals surface area contributed by atoms with Crippen LogP contribution in [0.15, 0.2) is 20.8 Å². The molecule has 6 nitrogen and oxygen atoms in total. The Morgan fingerprint density at radius 3 is 2.67 bits per heavy atom. The number of aliphatic imine (C=N–C) groups is 1. The molecule has 1 aromatic heterocycles. The zero-order valence-electron chi connectivity index (χ0n) is 16.6. The van der Waals surface area contributed by atoms with Gasteiger partial charge in [0.2, 0.25) is 0 Å². The van der Waals surface area contributed by atoms with E-state index in [0.29, 0.717) is 54.0 Å². The number of fused-ring (bicyclic) bond motifs is 1. The van der Waals surface area contributed by atoms with Crippen molar-refractivity contribution in [2.45, 2.75) is 78.7 Å².